The van der Waals surface area contributed by atoms with Crippen molar-refractivity contribution >= 4 is 23.0 Å². The molecule has 1 aromatic heterocycles. The minimum absolute atomic E-state index is 0.104. The van der Waals surface area contributed by atoms with E-state index in [1.807, 2.05) is 50.8 Å². The minimum atomic E-state index is -0.725. The summed E-state index contributed by atoms with van der Waals surface area (Å²) in [6.07, 6.45) is 3.16. The molecule has 2 fully saturated rings. The lowest BCUT2D eigenvalue weighted by atomic mass is 10.0. The lowest BCUT2D eigenvalue weighted by Crippen LogP contribution is -2.54. The fourth-order valence-electron chi connectivity index (χ4n) is 4.46. The Kier molecular flexibility index (Phi) is 8.10. The van der Waals surface area contributed by atoms with Crippen molar-refractivity contribution in [2.45, 2.75) is 70.7 Å². The topological polar surface area (TPSA) is 90.7 Å². The van der Waals surface area contributed by atoms with Crippen molar-refractivity contribution in [2.75, 3.05) is 40.0 Å². The number of nitrogens with zero attached hydrogens (tertiary/aromatic N) is 2. The molecule has 2 aromatic rings. The maximum absolute atomic E-state index is 13.7. The molecule has 2 heterocycles. The maximum atomic E-state index is 13.7. The lowest BCUT2D eigenvalue weighted by molar-refractivity contribution is -0.151. The molecule has 0 bridgehead atoms. The van der Waals surface area contributed by atoms with Crippen LogP contribution in [0, 0.1) is 0 Å². The van der Waals surface area contributed by atoms with Crippen molar-refractivity contribution in [1.29, 1.82) is 0 Å². The Labute approximate surface area is 212 Å². The molecule has 0 spiro atoms. The van der Waals surface area contributed by atoms with Gasteiger partial charge in [-0.05, 0) is 64.3 Å². The zero-order chi connectivity index (χ0) is 25.9. The molecule has 198 valence electrons. The minimum Gasteiger partial charge on any atom is -0.490 e. The van der Waals surface area contributed by atoms with Crippen LogP contribution in [0.15, 0.2) is 28.9 Å². The first-order chi connectivity index (χ1) is 17.2. The number of rotatable bonds is 9. The van der Waals surface area contributed by atoms with E-state index in [1.54, 1.807) is 18.3 Å². The monoisotopic (exact) mass is 502 g/mol. The van der Waals surface area contributed by atoms with E-state index >= 15 is 0 Å². The van der Waals surface area contributed by atoms with Gasteiger partial charge in [0.15, 0.2) is 17.4 Å². The molecule has 2 atom stereocenters. The summed E-state index contributed by atoms with van der Waals surface area (Å²) in [6, 6.07) is 5.86. The van der Waals surface area contributed by atoms with Crippen molar-refractivity contribution < 1.29 is 33.0 Å². The van der Waals surface area contributed by atoms with Gasteiger partial charge in [0.05, 0.1) is 32.1 Å². The summed E-state index contributed by atoms with van der Waals surface area (Å²) in [5, 5.41) is 0.925. The molecule has 1 saturated carbocycles. The molecule has 2 amide bonds. The average Bonchev–Trinajstić information content (AvgIpc) is 3.55. The van der Waals surface area contributed by atoms with Gasteiger partial charge in [-0.15, -0.1) is 0 Å². The molecular formula is C27H38N2O7. The highest BCUT2D eigenvalue weighted by Crippen LogP contribution is 2.38. The highest BCUT2D eigenvalue weighted by Gasteiger charge is 2.42. The molecule has 9 nitrogen and oxygen atoms in total. The van der Waals surface area contributed by atoms with Crippen LogP contribution in [0.3, 0.4) is 0 Å². The van der Waals surface area contributed by atoms with Gasteiger partial charge in [0.1, 0.15) is 5.60 Å². The molecular weight excluding hydrogens is 464 g/mol. The van der Waals surface area contributed by atoms with Gasteiger partial charge in [0, 0.05) is 38.1 Å². The third-order valence-electron chi connectivity index (χ3n) is 6.38. The number of fused-ring (bicyclic) bond motifs is 1. The first kappa shape index (κ1) is 26.3. The second-order valence-corrected chi connectivity index (χ2v) is 10.5. The molecule has 1 aliphatic heterocycles. The van der Waals surface area contributed by atoms with E-state index < -0.39 is 17.8 Å². The van der Waals surface area contributed by atoms with Crippen molar-refractivity contribution in [2.24, 2.45) is 0 Å². The van der Waals surface area contributed by atoms with E-state index in [0.717, 1.165) is 30.2 Å². The van der Waals surface area contributed by atoms with Crippen molar-refractivity contribution in [1.82, 2.24) is 9.80 Å². The van der Waals surface area contributed by atoms with Gasteiger partial charge >= 0.3 is 6.09 Å². The van der Waals surface area contributed by atoms with Gasteiger partial charge in [-0.2, -0.15) is 0 Å². The summed E-state index contributed by atoms with van der Waals surface area (Å²) in [6.45, 7) is 9.51. The van der Waals surface area contributed by atoms with Gasteiger partial charge < -0.3 is 33.2 Å². The molecule has 4 rings (SSSR count). The van der Waals surface area contributed by atoms with Crippen molar-refractivity contribution in [3.05, 3.63) is 30.0 Å². The number of carbonyl (C=O) groups excluding carboxylic acids is 2. The Bertz CT molecular complexity index is 1060. The van der Waals surface area contributed by atoms with E-state index in [0.29, 0.717) is 37.7 Å². The standard InChI is InChI=1S/C27H38N2O7/c1-18(20-15-19-9-13-35-24(19)22(16-20)33-12-6-11-32-5)29(21-7-8-21)25(30)23-17-28(10-14-34-23)26(31)36-27(2,3)4/h9,13,15-16,18,21,23H,6-8,10-12,14,17H2,1-5H3/t18?,23-/m1/s1. The zero-order valence-corrected chi connectivity index (χ0v) is 22.0. The Hall–Kier alpha value is -2.78. The van der Waals surface area contributed by atoms with E-state index in [2.05, 4.69) is 0 Å². The van der Waals surface area contributed by atoms with Crippen LogP contribution in [-0.4, -0.2) is 79.6 Å². The van der Waals surface area contributed by atoms with E-state index in [4.69, 9.17) is 23.4 Å². The molecule has 36 heavy (non-hydrogen) atoms. The zero-order valence-electron chi connectivity index (χ0n) is 22.0. The van der Waals surface area contributed by atoms with Crippen molar-refractivity contribution in [3.63, 3.8) is 0 Å². The largest absolute Gasteiger partial charge is 0.490 e. The fraction of sp³-hybridized carbons (Fsp3) is 0.630. The number of carbonyl (C=O) groups is 2. The van der Waals surface area contributed by atoms with Crippen LogP contribution < -0.4 is 4.74 Å². The maximum Gasteiger partial charge on any atom is 0.410 e. The predicted molar refractivity (Wildman–Crippen MR) is 134 cm³/mol. The molecule has 0 N–H and O–H groups in total. The van der Waals surface area contributed by atoms with Crippen molar-refractivity contribution in [3.8, 4) is 5.75 Å². The van der Waals surface area contributed by atoms with Crippen LogP contribution in [0.2, 0.25) is 0 Å². The van der Waals surface area contributed by atoms with Gasteiger partial charge in [-0.3, -0.25) is 4.79 Å². The number of furan rings is 1. The molecule has 0 radical (unpaired) electrons. The second kappa shape index (κ2) is 11.1. The smallest absolute Gasteiger partial charge is 0.410 e. The van der Waals surface area contributed by atoms with Crippen LogP contribution in [0.5, 0.6) is 5.75 Å². The fourth-order valence-corrected chi connectivity index (χ4v) is 4.46. The Morgan fingerprint density at radius 1 is 1.22 bits per heavy atom. The summed E-state index contributed by atoms with van der Waals surface area (Å²) in [5.41, 5.74) is 1.06. The number of ether oxygens (including phenoxy) is 4. The summed E-state index contributed by atoms with van der Waals surface area (Å²) >= 11 is 0. The number of methoxy groups -OCH3 is 1. The van der Waals surface area contributed by atoms with Crippen LogP contribution >= 0.6 is 0 Å². The summed E-state index contributed by atoms with van der Waals surface area (Å²) in [4.78, 5) is 29.8. The van der Waals surface area contributed by atoms with Crippen LogP contribution in [0.1, 0.15) is 58.6 Å². The number of amides is 2. The number of hydrogen-bond acceptors (Lipinski definition) is 7. The third kappa shape index (κ3) is 6.31. The van der Waals surface area contributed by atoms with E-state index in [1.165, 1.54) is 0 Å². The highest BCUT2D eigenvalue weighted by atomic mass is 16.6. The quantitative estimate of drug-likeness (QED) is 0.465. The van der Waals surface area contributed by atoms with Crippen LogP contribution in [-0.2, 0) is 19.0 Å². The molecule has 9 heteroatoms. The Morgan fingerprint density at radius 2 is 2.00 bits per heavy atom. The second-order valence-electron chi connectivity index (χ2n) is 10.5. The summed E-state index contributed by atoms with van der Waals surface area (Å²) in [7, 11) is 1.67. The Balaban J connectivity index is 1.51. The lowest BCUT2D eigenvalue weighted by Gasteiger charge is -2.38. The van der Waals surface area contributed by atoms with E-state index in [9.17, 15) is 9.59 Å². The van der Waals surface area contributed by atoms with Crippen LogP contribution in [0.25, 0.3) is 11.0 Å². The highest BCUT2D eigenvalue weighted by molar-refractivity contribution is 5.85. The van der Waals surface area contributed by atoms with Gasteiger partial charge in [0.25, 0.3) is 5.91 Å². The normalized spacial score (nSPS) is 19.2. The molecule has 2 aliphatic rings. The molecule has 1 saturated heterocycles. The summed E-state index contributed by atoms with van der Waals surface area (Å²) in [5.74, 6) is 0.553. The number of morpholine rings is 1. The number of hydrogen-bond donors (Lipinski definition) is 0. The van der Waals surface area contributed by atoms with Gasteiger partial charge in [0.2, 0.25) is 0 Å². The SMILES string of the molecule is COCCCOc1cc(C(C)N(C(=O)[C@H]2CN(C(=O)OC(C)(C)C)CCO2)C2CC2)cc2ccoc12. The average molecular weight is 503 g/mol. The Morgan fingerprint density at radius 3 is 2.69 bits per heavy atom. The molecule has 1 unspecified atom stereocenters. The molecule has 1 aliphatic carbocycles. The van der Waals surface area contributed by atoms with Gasteiger partial charge in [-0.1, -0.05) is 0 Å². The van der Waals surface area contributed by atoms with Gasteiger partial charge in [-0.25, -0.2) is 4.79 Å². The third-order valence-corrected chi connectivity index (χ3v) is 6.38. The first-order valence-corrected chi connectivity index (χ1v) is 12.7. The first-order valence-electron chi connectivity index (χ1n) is 12.7. The number of benzene rings is 1. The molecule has 1 aromatic carbocycles. The van der Waals surface area contributed by atoms with E-state index in [-0.39, 0.29) is 24.5 Å². The van der Waals surface area contributed by atoms with Crippen LogP contribution in [0.4, 0.5) is 4.79 Å². The summed E-state index contributed by atoms with van der Waals surface area (Å²) < 4.78 is 28.2. The predicted octanol–water partition coefficient (Wildman–Crippen LogP) is 4.54.